The van der Waals surface area contributed by atoms with Crippen LogP contribution in [-0.2, 0) is 9.53 Å². The molecule has 1 aliphatic rings. The largest absolute Gasteiger partial charge is 0.451 e. The zero-order valence-corrected chi connectivity index (χ0v) is 13.9. The minimum absolute atomic E-state index is 0.0788. The first-order valence-corrected chi connectivity index (χ1v) is 7.82. The summed E-state index contributed by atoms with van der Waals surface area (Å²) in [6.07, 6.45) is 2.84. The fraction of sp³-hybridized carbons (Fsp3) is 0.429. The van der Waals surface area contributed by atoms with Crippen LogP contribution in [0.1, 0.15) is 12.7 Å². The number of piperazine rings is 1. The molecule has 1 aliphatic heterocycles. The summed E-state index contributed by atoms with van der Waals surface area (Å²) in [4.78, 5) is 26.9. The molecule has 0 aliphatic carbocycles. The normalized spacial score (nSPS) is 15.5. The third-order valence-corrected chi connectivity index (χ3v) is 3.68. The molecule has 2 amide bonds. The summed E-state index contributed by atoms with van der Waals surface area (Å²) in [6.45, 7) is 4.16. The van der Waals surface area contributed by atoms with Crippen LogP contribution in [0, 0.1) is 3.77 Å². The van der Waals surface area contributed by atoms with Crippen molar-refractivity contribution in [3.63, 3.8) is 0 Å². The van der Waals surface area contributed by atoms with Crippen LogP contribution in [0.15, 0.2) is 22.6 Å². The Morgan fingerprint density at radius 1 is 1.29 bits per heavy atom. The Bertz CT molecular complexity index is 533. The molecule has 1 fully saturated rings. The molecule has 7 heteroatoms. The van der Waals surface area contributed by atoms with Crippen molar-refractivity contribution in [1.82, 2.24) is 9.80 Å². The summed E-state index contributed by atoms with van der Waals surface area (Å²) in [6, 6.07) is 3.65. The average molecular weight is 404 g/mol. The van der Waals surface area contributed by atoms with Crippen molar-refractivity contribution in [3.8, 4) is 0 Å². The molecular formula is C14H17IN2O4. The molecule has 0 bridgehead atoms. The second-order valence-corrected chi connectivity index (χ2v) is 5.55. The maximum Gasteiger partial charge on any atom is 0.409 e. The zero-order chi connectivity index (χ0) is 15.2. The Morgan fingerprint density at radius 3 is 2.52 bits per heavy atom. The highest BCUT2D eigenvalue weighted by molar-refractivity contribution is 14.1. The number of rotatable bonds is 3. The van der Waals surface area contributed by atoms with E-state index in [4.69, 9.17) is 9.15 Å². The number of hydrogen-bond acceptors (Lipinski definition) is 4. The highest BCUT2D eigenvalue weighted by atomic mass is 127. The van der Waals surface area contributed by atoms with Gasteiger partial charge in [-0.2, -0.15) is 0 Å². The number of hydrogen-bond donors (Lipinski definition) is 0. The van der Waals surface area contributed by atoms with Gasteiger partial charge < -0.3 is 19.0 Å². The van der Waals surface area contributed by atoms with Crippen molar-refractivity contribution in [2.75, 3.05) is 32.8 Å². The molecule has 1 aromatic heterocycles. The summed E-state index contributed by atoms with van der Waals surface area (Å²) in [5, 5.41) is 0. The number of nitrogens with zero attached hydrogens (tertiary/aromatic N) is 2. The van der Waals surface area contributed by atoms with Gasteiger partial charge in [0, 0.05) is 32.3 Å². The smallest absolute Gasteiger partial charge is 0.409 e. The van der Waals surface area contributed by atoms with E-state index in [0.717, 1.165) is 3.77 Å². The lowest BCUT2D eigenvalue weighted by Gasteiger charge is -2.33. The minimum atomic E-state index is -0.315. The number of furan rings is 1. The Balaban J connectivity index is 1.83. The van der Waals surface area contributed by atoms with E-state index in [-0.39, 0.29) is 12.0 Å². The zero-order valence-electron chi connectivity index (χ0n) is 11.8. The second kappa shape index (κ2) is 7.48. The second-order valence-electron chi connectivity index (χ2n) is 4.49. The Hall–Kier alpha value is -1.51. The van der Waals surface area contributed by atoms with Gasteiger partial charge in [-0.05, 0) is 47.7 Å². The summed E-state index contributed by atoms with van der Waals surface area (Å²) >= 11 is 2.07. The quantitative estimate of drug-likeness (QED) is 0.573. The maximum atomic E-state index is 12.0. The van der Waals surface area contributed by atoms with Gasteiger partial charge in [-0.25, -0.2) is 4.79 Å². The highest BCUT2D eigenvalue weighted by Crippen LogP contribution is 2.12. The molecular weight excluding hydrogens is 387 g/mol. The molecule has 21 heavy (non-hydrogen) atoms. The molecule has 2 rings (SSSR count). The number of halogens is 1. The summed E-state index contributed by atoms with van der Waals surface area (Å²) in [7, 11) is 0. The predicted molar refractivity (Wildman–Crippen MR) is 85.6 cm³/mol. The van der Waals surface area contributed by atoms with E-state index in [2.05, 4.69) is 22.6 Å². The standard InChI is InChI=1S/C14H17IN2O4/c1-2-20-14(19)17-9-7-16(8-10-17)13(18)6-4-11-3-5-12(15)21-11/h3-6H,2,7-10H2,1H3/b6-4+. The predicted octanol–water partition coefficient (Wildman–Crippen LogP) is 2.20. The van der Waals surface area contributed by atoms with Crippen LogP contribution >= 0.6 is 22.6 Å². The van der Waals surface area contributed by atoms with Crippen LogP contribution in [0.2, 0.25) is 0 Å². The molecule has 0 atom stereocenters. The fourth-order valence-electron chi connectivity index (χ4n) is 2.00. The molecule has 1 aromatic rings. The fourth-order valence-corrected chi connectivity index (χ4v) is 2.43. The van der Waals surface area contributed by atoms with Gasteiger partial charge in [0.05, 0.1) is 6.61 Å². The van der Waals surface area contributed by atoms with Crippen LogP contribution in [0.25, 0.3) is 6.08 Å². The molecule has 114 valence electrons. The van der Waals surface area contributed by atoms with E-state index in [1.807, 2.05) is 12.1 Å². The van der Waals surface area contributed by atoms with E-state index < -0.39 is 0 Å². The topological polar surface area (TPSA) is 63.0 Å². The first kappa shape index (κ1) is 15.9. The van der Waals surface area contributed by atoms with Crippen LogP contribution < -0.4 is 0 Å². The molecule has 0 radical (unpaired) electrons. The first-order chi connectivity index (χ1) is 10.1. The minimum Gasteiger partial charge on any atom is -0.451 e. The Kier molecular flexibility index (Phi) is 5.66. The molecule has 0 unspecified atom stereocenters. The third kappa shape index (κ3) is 4.48. The van der Waals surface area contributed by atoms with Crippen LogP contribution in [0.4, 0.5) is 4.79 Å². The van der Waals surface area contributed by atoms with Crippen LogP contribution in [0.3, 0.4) is 0 Å². The van der Waals surface area contributed by atoms with Crippen molar-refractivity contribution in [2.45, 2.75) is 6.92 Å². The van der Waals surface area contributed by atoms with E-state index in [0.29, 0.717) is 38.5 Å². The van der Waals surface area contributed by atoms with Crippen molar-refractivity contribution < 1.29 is 18.7 Å². The van der Waals surface area contributed by atoms with Crippen molar-refractivity contribution in [2.24, 2.45) is 0 Å². The van der Waals surface area contributed by atoms with E-state index in [1.54, 1.807) is 22.8 Å². The lowest BCUT2D eigenvalue weighted by atomic mass is 10.3. The van der Waals surface area contributed by atoms with Crippen molar-refractivity contribution in [3.05, 3.63) is 27.7 Å². The lowest BCUT2D eigenvalue weighted by Crippen LogP contribution is -2.50. The van der Waals surface area contributed by atoms with Crippen molar-refractivity contribution in [1.29, 1.82) is 0 Å². The first-order valence-electron chi connectivity index (χ1n) is 6.74. The summed E-state index contributed by atoms with van der Waals surface area (Å²) in [5.41, 5.74) is 0. The van der Waals surface area contributed by atoms with Crippen LogP contribution in [-0.4, -0.2) is 54.6 Å². The van der Waals surface area contributed by atoms with Gasteiger partial charge in [-0.1, -0.05) is 0 Å². The molecule has 2 heterocycles. The number of ether oxygens (including phenoxy) is 1. The van der Waals surface area contributed by atoms with Gasteiger partial charge in [-0.3, -0.25) is 4.79 Å². The molecule has 1 saturated heterocycles. The monoisotopic (exact) mass is 404 g/mol. The molecule has 0 aromatic carbocycles. The van der Waals surface area contributed by atoms with E-state index >= 15 is 0 Å². The number of amides is 2. The summed E-state index contributed by atoms with van der Waals surface area (Å²) < 4.78 is 11.1. The van der Waals surface area contributed by atoms with Gasteiger partial charge in [0.15, 0.2) is 3.77 Å². The van der Waals surface area contributed by atoms with E-state index in [1.165, 1.54) is 6.08 Å². The van der Waals surface area contributed by atoms with Gasteiger partial charge in [-0.15, -0.1) is 0 Å². The van der Waals surface area contributed by atoms with Gasteiger partial charge >= 0.3 is 6.09 Å². The number of carbonyl (C=O) groups excluding carboxylic acids is 2. The lowest BCUT2D eigenvalue weighted by molar-refractivity contribution is -0.127. The van der Waals surface area contributed by atoms with Crippen molar-refractivity contribution >= 4 is 40.7 Å². The maximum absolute atomic E-state index is 12.0. The van der Waals surface area contributed by atoms with Crippen LogP contribution in [0.5, 0.6) is 0 Å². The van der Waals surface area contributed by atoms with Gasteiger partial charge in [0.1, 0.15) is 5.76 Å². The summed E-state index contributed by atoms with van der Waals surface area (Å²) in [5.74, 6) is 0.572. The SMILES string of the molecule is CCOC(=O)N1CCN(C(=O)/C=C/c2ccc(I)o2)CC1. The van der Waals surface area contributed by atoms with Gasteiger partial charge in [0.2, 0.25) is 5.91 Å². The highest BCUT2D eigenvalue weighted by Gasteiger charge is 2.23. The molecule has 0 saturated carbocycles. The molecule has 6 nitrogen and oxygen atoms in total. The van der Waals surface area contributed by atoms with E-state index in [9.17, 15) is 9.59 Å². The number of carbonyl (C=O) groups is 2. The molecule has 0 spiro atoms. The average Bonchev–Trinajstić information content (AvgIpc) is 2.91. The third-order valence-electron chi connectivity index (χ3n) is 3.10. The van der Waals surface area contributed by atoms with Gasteiger partial charge in [0.25, 0.3) is 0 Å². The Labute approximate surface area is 136 Å². The molecule has 0 N–H and O–H groups in total. The Morgan fingerprint density at radius 2 is 1.95 bits per heavy atom.